The second-order valence-electron chi connectivity index (χ2n) is 4.53. The van der Waals surface area contributed by atoms with Crippen molar-refractivity contribution in [3.63, 3.8) is 0 Å². The van der Waals surface area contributed by atoms with Gasteiger partial charge in [0, 0.05) is 13.1 Å². The molecule has 1 amide bonds. The van der Waals surface area contributed by atoms with E-state index in [1.54, 1.807) is 19.2 Å². The van der Waals surface area contributed by atoms with Crippen LogP contribution in [0.1, 0.15) is 32.3 Å². The Hall–Kier alpha value is -1.22. The van der Waals surface area contributed by atoms with E-state index < -0.39 is 0 Å². The van der Waals surface area contributed by atoms with Crippen LogP contribution in [-0.4, -0.2) is 31.0 Å². The summed E-state index contributed by atoms with van der Waals surface area (Å²) in [4.78, 5) is 14.1. The second kappa shape index (κ2) is 8.05. The molecule has 0 bridgehead atoms. The quantitative estimate of drug-likeness (QED) is 0.766. The van der Waals surface area contributed by atoms with Crippen molar-refractivity contribution in [2.45, 2.75) is 33.1 Å². The number of amides is 1. The monoisotopic (exact) mass is 283 g/mol. The van der Waals surface area contributed by atoms with E-state index in [1.165, 1.54) is 0 Å². The summed E-state index contributed by atoms with van der Waals surface area (Å²) in [6, 6.07) is 5.49. The third-order valence-electron chi connectivity index (χ3n) is 2.91. The highest BCUT2D eigenvalue weighted by molar-refractivity contribution is 6.32. The Kier molecular flexibility index (Phi) is 6.71. The molecule has 0 saturated carbocycles. The lowest BCUT2D eigenvalue weighted by Crippen LogP contribution is -2.33. The van der Waals surface area contributed by atoms with Gasteiger partial charge in [0.1, 0.15) is 5.75 Å². The summed E-state index contributed by atoms with van der Waals surface area (Å²) < 4.78 is 5.10. The zero-order valence-electron chi connectivity index (χ0n) is 11.9. The highest BCUT2D eigenvalue weighted by atomic mass is 35.5. The maximum absolute atomic E-state index is 12.2. The Bertz CT molecular complexity index is 415. The summed E-state index contributed by atoms with van der Waals surface area (Å²) in [6.45, 7) is 5.80. The van der Waals surface area contributed by atoms with Gasteiger partial charge in [-0.25, -0.2) is 0 Å². The van der Waals surface area contributed by atoms with E-state index in [0.29, 0.717) is 17.2 Å². The first-order valence-corrected chi connectivity index (χ1v) is 7.10. The molecule has 0 heterocycles. The minimum absolute atomic E-state index is 0.157. The Balaban J connectivity index is 2.71. The van der Waals surface area contributed by atoms with E-state index in [-0.39, 0.29) is 5.91 Å². The van der Waals surface area contributed by atoms with Gasteiger partial charge >= 0.3 is 0 Å². The fourth-order valence-electron chi connectivity index (χ4n) is 2.01. The van der Waals surface area contributed by atoms with E-state index in [9.17, 15) is 4.79 Å². The van der Waals surface area contributed by atoms with Crippen molar-refractivity contribution >= 4 is 17.5 Å². The average molecular weight is 284 g/mol. The molecule has 0 N–H and O–H groups in total. The topological polar surface area (TPSA) is 29.5 Å². The van der Waals surface area contributed by atoms with E-state index in [4.69, 9.17) is 16.3 Å². The summed E-state index contributed by atoms with van der Waals surface area (Å²) in [5.41, 5.74) is 0.924. The van der Waals surface area contributed by atoms with Gasteiger partial charge in [-0.05, 0) is 30.5 Å². The smallest absolute Gasteiger partial charge is 0.226 e. The summed E-state index contributed by atoms with van der Waals surface area (Å²) in [6.07, 6.45) is 2.36. The van der Waals surface area contributed by atoms with Crippen LogP contribution in [0.25, 0.3) is 0 Å². The van der Waals surface area contributed by atoms with Gasteiger partial charge in [-0.3, -0.25) is 4.79 Å². The van der Waals surface area contributed by atoms with E-state index in [2.05, 4.69) is 13.8 Å². The number of ether oxygens (including phenoxy) is 1. The molecule has 4 heteroatoms. The minimum Gasteiger partial charge on any atom is -0.495 e. The molecule has 0 fully saturated rings. The predicted molar refractivity (Wildman–Crippen MR) is 78.9 cm³/mol. The number of carbonyl (C=O) groups is 1. The normalized spacial score (nSPS) is 10.3. The van der Waals surface area contributed by atoms with Crippen LogP contribution in [0.5, 0.6) is 5.75 Å². The fourth-order valence-corrected chi connectivity index (χ4v) is 2.29. The molecule has 0 atom stereocenters. The molecule has 0 aliphatic rings. The molecule has 1 aromatic rings. The Morgan fingerprint density at radius 1 is 1.26 bits per heavy atom. The van der Waals surface area contributed by atoms with Gasteiger partial charge in [0.2, 0.25) is 5.91 Å². The molecule has 0 aromatic heterocycles. The van der Waals surface area contributed by atoms with E-state index >= 15 is 0 Å². The first-order chi connectivity index (χ1) is 9.12. The number of hydrogen-bond acceptors (Lipinski definition) is 2. The number of rotatable bonds is 7. The van der Waals surface area contributed by atoms with Gasteiger partial charge in [0.15, 0.2) is 0 Å². The maximum Gasteiger partial charge on any atom is 0.226 e. The molecular weight excluding hydrogens is 262 g/mol. The van der Waals surface area contributed by atoms with Gasteiger partial charge in [-0.15, -0.1) is 0 Å². The molecule has 0 unspecified atom stereocenters. The largest absolute Gasteiger partial charge is 0.495 e. The van der Waals surface area contributed by atoms with Crippen molar-refractivity contribution in [3.05, 3.63) is 28.8 Å². The third-order valence-corrected chi connectivity index (χ3v) is 3.21. The number of nitrogens with zero attached hydrogens (tertiary/aromatic N) is 1. The van der Waals surface area contributed by atoms with Crippen molar-refractivity contribution in [1.82, 2.24) is 4.90 Å². The molecular formula is C15H22ClNO2. The second-order valence-corrected chi connectivity index (χ2v) is 4.93. The van der Waals surface area contributed by atoms with Gasteiger partial charge in [0.25, 0.3) is 0 Å². The van der Waals surface area contributed by atoms with Crippen molar-refractivity contribution < 1.29 is 9.53 Å². The average Bonchev–Trinajstić information content (AvgIpc) is 2.38. The van der Waals surface area contributed by atoms with Crippen LogP contribution >= 0.6 is 11.6 Å². The molecule has 0 spiro atoms. The van der Waals surface area contributed by atoms with Crippen molar-refractivity contribution in [3.8, 4) is 5.75 Å². The molecule has 0 radical (unpaired) electrons. The third kappa shape index (κ3) is 4.75. The highest BCUT2D eigenvalue weighted by Crippen LogP contribution is 2.25. The van der Waals surface area contributed by atoms with Crippen molar-refractivity contribution in [2.24, 2.45) is 0 Å². The van der Waals surface area contributed by atoms with Crippen LogP contribution in [0.2, 0.25) is 5.02 Å². The Morgan fingerprint density at radius 2 is 1.89 bits per heavy atom. The standard InChI is InChI=1S/C15H22ClNO2/c1-4-8-17(9-5-2)15(18)11-12-6-7-14(19-3)13(16)10-12/h6-7,10H,4-5,8-9,11H2,1-3H3. The molecule has 1 aromatic carbocycles. The summed E-state index contributed by atoms with van der Waals surface area (Å²) in [5, 5.41) is 0.547. The number of benzene rings is 1. The lowest BCUT2D eigenvalue weighted by molar-refractivity contribution is -0.130. The first-order valence-electron chi connectivity index (χ1n) is 6.72. The van der Waals surface area contributed by atoms with Crippen LogP contribution in [0.3, 0.4) is 0 Å². The molecule has 0 saturated heterocycles. The lowest BCUT2D eigenvalue weighted by atomic mass is 10.1. The minimum atomic E-state index is 0.157. The van der Waals surface area contributed by atoms with Crippen LogP contribution in [0.4, 0.5) is 0 Å². The van der Waals surface area contributed by atoms with Gasteiger partial charge < -0.3 is 9.64 Å². The maximum atomic E-state index is 12.2. The predicted octanol–water partition coefficient (Wildman–Crippen LogP) is 3.54. The van der Waals surface area contributed by atoms with E-state index in [0.717, 1.165) is 31.5 Å². The Labute approximate surface area is 120 Å². The number of carbonyl (C=O) groups excluding carboxylic acids is 1. The summed E-state index contributed by atoms with van der Waals surface area (Å²) in [5.74, 6) is 0.793. The van der Waals surface area contributed by atoms with Crippen LogP contribution in [0, 0.1) is 0 Å². The molecule has 19 heavy (non-hydrogen) atoms. The summed E-state index contributed by atoms with van der Waals surface area (Å²) >= 11 is 6.06. The highest BCUT2D eigenvalue weighted by Gasteiger charge is 2.13. The molecule has 3 nitrogen and oxygen atoms in total. The fraction of sp³-hybridized carbons (Fsp3) is 0.533. The SMILES string of the molecule is CCCN(CCC)C(=O)Cc1ccc(OC)c(Cl)c1. The lowest BCUT2D eigenvalue weighted by Gasteiger charge is -2.21. The molecule has 0 aliphatic carbocycles. The molecule has 0 aliphatic heterocycles. The number of halogens is 1. The van der Waals surface area contributed by atoms with Gasteiger partial charge in [0.05, 0.1) is 18.6 Å². The van der Waals surface area contributed by atoms with E-state index in [1.807, 2.05) is 11.0 Å². The zero-order chi connectivity index (χ0) is 14.3. The number of hydrogen-bond donors (Lipinski definition) is 0. The Morgan fingerprint density at radius 3 is 2.37 bits per heavy atom. The molecule has 1 rings (SSSR count). The van der Waals surface area contributed by atoms with Crippen LogP contribution < -0.4 is 4.74 Å². The van der Waals surface area contributed by atoms with Crippen molar-refractivity contribution in [2.75, 3.05) is 20.2 Å². The van der Waals surface area contributed by atoms with Gasteiger partial charge in [-0.2, -0.15) is 0 Å². The van der Waals surface area contributed by atoms with Crippen LogP contribution in [0.15, 0.2) is 18.2 Å². The zero-order valence-corrected chi connectivity index (χ0v) is 12.7. The molecule has 106 valence electrons. The number of methoxy groups -OCH3 is 1. The van der Waals surface area contributed by atoms with Crippen LogP contribution in [-0.2, 0) is 11.2 Å². The first kappa shape index (κ1) is 15.8. The van der Waals surface area contributed by atoms with Crippen molar-refractivity contribution in [1.29, 1.82) is 0 Å². The summed E-state index contributed by atoms with van der Waals surface area (Å²) in [7, 11) is 1.58. The van der Waals surface area contributed by atoms with Gasteiger partial charge in [-0.1, -0.05) is 31.5 Å².